The maximum atomic E-state index is 9.71. The molecular weight excluding hydrogens is 310 g/mol. The number of anilines is 1. The van der Waals surface area contributed by atoms with Crippen molar-refractivity contribution in [1.82, 2.24) is 9.38 Å². The smallest absolute Gasteiger partial charge is 0.157 e. The topological polar surface area (TPSA) is 57.6 Å². The Kier molecular flexibility index (Phi) is 5.20. The third kappa shape index (κ3) is 3.45. The van der Waals surface area contributed by atoms with Gasteiger partial charge in [-0.3, -0.25) is 4.40 Å². The van der Waals surface area contributed by atoms with Crippen molar-refractivity contribution in [2.45, 2.75) is 26.2 Å². The van der Waals surface area contributed by atoms with Crippen molar-refractivity contribution in [3.05, 3.63) is 41.5 Å². The van der Waals surface area contributed by atoms with Gasteiger partial charge in [0.05, 0.1) is 37.2 Å². The molecule has 0 aliphatic rings. The van der Waals surface area contributed by atoms with E-state index in [2.05, 4.69) is 48.9 Å². The van der Waals surface area contributed by atoms with Crippen LogP contribution in [0, 0.1) is 11.3 Å². The van der Waals surface area contributed by atoms with E-state index in [9.17, 15) is 5.26 Å². The van der Waals surface area contributed by atoms with Gasteiger partial charge in [0, 0.05) is 13.0 Å². The van der Waals surface area contributed by atoms with Crippen LogP contribution < -0.4 is 10.2 Å². The molecule has 1 aromatic carbocycles. The predicted octanol–water partition coefficient (Wildman–Crippen LogP) is 2.26. The number of aromatic nitrogens is 2. The van der Waals surface area contributed by atoms with Crippen LogP contribution in [0.3, 0.4) is 0 Å². The molecule has 5 nitrogen and oxygen atoms in total. The quantitative estimate of drug-likeness (QED) is 0.651. The van der Waals surface area contributed by atoms with Crippen LogP contribution in [0.2, 0.25) is 0 Å². The Hall–Kier alpha value is -2.58. The zero-order valence-electron chi connectivity index (χ0n) is 15.3. The minimum Gasteiger partial charge on any atom is -0.371 e. The lowest BCUT2D eigenvalue weighted by Gasteiger charge is -2.14. The van der Waals surface area contributed by atoms with E-state index >= 15 is 0 Å². The number of pyridine rings is 1. The van der Waals surface area contributed by atoms with E-state index in [1.807, 2.05) is 18.2 Å². The van der Waals surface area contributed by atoms with Gasteiger partial charge >= 0.3 is 0 Å². The van der Waals surface area contributed by atoms with Crippen LogP contribution in [0.5, 0.6) is 0 Å². The highest BCUT2D eigenvalue weighted by Gasteiger charge is 2.16. The fourth-order valence-corrected chi connectivity index (χ4v) is 3.26. The fraction of sp³-hybridized carbons (Fsp3) is 0.400. The summed E-state index contributed by atoms with van der Waals surface area (Å²) in [6.45, 7) is 4.17. The first-order valence-electron chi connectivity index (χ1n) is 9.01. The van der Waals surface area contributed by atoms with Crippen LogP contribution in [-0.4, -0.2) is 36.6 Å². The number of rotatable bonds is 7. The van der Waals surface area contributed by atoms with Crippen LogP contribution in [0.15, 0.2) is 30.3 Å². The Morgan fingerprint density at radius 3 is 2.80 bits per heavy atom. The highest BCUT2D eigenvalue weighted by molar-refractivity contribution is 5.85. The minimum absolute atomic E-state index is 0.696. The summed E-state index contributed by atoms with van der Waals surface area (Å²) in [5, 5.41) is 13.3. The van der Waals surface area contributed by atoms with Gasteiger partial charge in [-0.15, -0.1) is 0 Å². The number of nitrogens with one attached hydrogen (secondary N) is 2. The van der Waals surface area contributed by atoms with Crippen LogP contribution in [0.1, 0.15) is 30.9 Å². The van der Waals surface area contributed by atoms with Crippen LogP contribution in [0.4, 0.5) is 5.82 Å². The van der Waals surface area contributed by atoms with Gasteiger partial charge in [-0.25, -0.2) is 4.98 Å². The second-order valence-electron chi connectivity index (χ2n) is 6.79. The average Bonchev–Trinajstić information content (AvgIpc) is 2.98. The van der Waals surface area contributed by atoms with Gasteiger partial charge in [0.1, 0.15) is 11.9 Å². The summed E-state index contributed by atoms with van der Waals surface area (Å²) in [6.07, 6.45) is 2.99. The lowest BCUT2D eigenvalue weighted by atomic mass is 10.1. The van der Waals surface area contributed by atoms with Gasteiger partial charge < -0.3 is 10.2 Å². The molecule has 2 heterocycles. The van der Waals surface area contributed by atoms with Crippen LogP contribution in [0.25, 0.3) is 16.7 Å². The second-order valence-corrected chi connectivity index (χ2v) is 6.79. The maximum absolute atomic E-state index is 9.71. The van der Waals surface area contributed by atoms with Crippen LogP contribution in [-0.2, 0) is 6.42 Å². The Morgan fingerprint density at radius 2 is 2.08 bits per heavy atom. The molecule has 3 aromatic rings. The van der Waals surface area contributed by atoms with Crippen LogP contribution >= 0.6 is 0 Å². The molecule has 0 fully saturated rings. The van der Waals surface area contributed by atoms with E-state index in [1.54, 1.807) is 0 Å². The molecule has 0 saturated carbocycles. The summed E-state index contributed by atoms with van der Waals surface area (Å²) in [5.74, 6) is 1.03. The first-order valence-corrected chi connectivity index (χ1v) is 9.01. The molecule has 0 spiro atoms. The monoisotopic (exact) mass is 336 g/mol. The SMILES string of the molecule is CCCc1cc(NCCC[NH+](C)C)n2c(nc3ccccc32)c1C#N. The van der Waals surface area contributed by atoms with E-state index in [0.717, 1.165) is 60.4 Å². The molecule has 0 bridgehead atoms. The van der Waals surface area contributed by atoms with Gasteiger partial charge in [0.15, 0.2) is 5.65 Å². The molecule has 130 valence electrons. The predicted molar refractivity (Wildman–Crippen MR) is 102 cm³/mol. The number of para-hydroxylation sites is 2. The molecule has 0 aliphatic carbocycles. The highest BCUT2D eigenvalue weighted by Crippen LogP contribution is 2.27. The standard InChI is InChI=1S/C20H25N5/c1-4-8-15-13-19(22-11-7-12-24(2)3)25-18-10-6-5-9-17(18)23-20(25)16(15)14-21/h5-6,9-10,13,22H,4,7-8,11-12H2,1-3H3/p+1. The molecule has 5 heteroatoms. The molecular formula is C20H26N5+. The number of fused-ring (bicyclic) bond motifs is 3. The lowest BCUT2D eigenvalue weighted by Crippen LogP contribution is -3.05. The average molecular weight is 336 g/mol. The van der Waals surface area contributed by atoms with Crippen molar-refractivity contribution < 1.29 is 4.90 Å². The number of hydrogen-bond acceptors (Lipinski definition) is 3. The zero-order chi connectivity index (χ0) is 17.8. The van der Waals surface area contributed by atoms with E-state index in [1.165, 1.54) is 4.90 Å². The summed E-state index contributed by atoms with van der Waals surface area (Å²) in [6, 6.07) is 12.6. The number of quaternary nitrogens is 1. The van der Waals surface area contributed by atoms with Gasteiger partial charge in [0.2, 0.25) is 0 Å². The van der Waals surface area contributed by atoms with Gasteiger partial charge in [0.25, 0.3) is 0 Å². The largest absolute Gasteiger partial charge is 0.371 e. The Balaban J connectivity index is 2.11. The number of hydrogen-bond donors (Lipinski definition) is 2. The summed E-state index contributed by atoms with van der Waals surface area (Å²) in [7, 11) is 4.34. The summed E-state index contributed by atoms with van der Waals surface area (Å²) < 4.78 is 2.09. The molecule has 2 aromatic heterocycles. The minimum atomic E-state index is 0.696. The van der Waals surface area contributed by atoms with Crippen molar-refractivity contribution >= 4 is 22.5 Å². The van der Waals surface area contributed by atoms with E-state index in [4.69, 9.17) is 4.98 Å². The number of benzene rings is 1. The molecule has 0 aliphatic heterocycles. The van der Waals surface area contributed by atoms with Crippen molar-refractivity contribution in [1.29, 1.82) is 5.26 Å². The van der Waals surface area contributed by atoms with Crippen molar-refractivity contribution in [3.8, 4) is 6.07 Å². The van der Waals surface area contributed by atoms with E-state index < -0.39 is 0 Å². The molecule has 0 atom stereocenters. The summed E-state index contributed by atoms with van der Waals surface area (Å²) in [5.41, 5.74) is 4.50. The van der Waals surface area contributed by atoms with Crippen molar-refractivity contribution in [2.24, 2.45) is 0 Å². The van der Waals surface area contributed by atoms with Gasteiger partial charge in [-0.05, 0) is 30.2 Å². The van der Waals surface area contributed by atoms with E-state index in [-0.39, 0.29) is 0 Å². The molecule has 0 radical (unpaired) electrons. The van der Waals surface area contributed by atoms with Gasteiger partial charge in [-0.1, -0.05) is 25.5 Å². The third-order valence-corrected chi connectivity index (χ3v) is 4.45. The number of aryl methyl sites for hydroxylation is 1. The van der Waals surface area contributed by atoms with E-state index in [0.29, 0.717) is 5.56 Å². The molecule has 3 rings (SSSR count). The zero-order valence-corrected chi connectivity index (χ0v) is 15.3. The Bertz CT molecular complexity index is 917. The summed E-state index contributed by atoms with van der Waals surface area (Å²) >= 11 is 0. The molecule has 2 N–H and O–H groups in total. The van der Waals surface area contributed by atoms with Crippen molar-refractivity contribution in [2.75, 3.05) is 32.5 Å². The second kappa shape index (κ2) is 7.54. The number of imidazole rings is 1. The number of nitrogens with zero attached hydrogens (tertiary/aromatic N) is 3. The maximum Gasteiger partial charge on any atom is 0.157 e. The summed E-state index contributed by atoms with van der Waals surface area (Å²) in [4.78, 5) is 6.19. The first kappa shape index (κ1) is 17.2. The Morgan fingerprint density at radius 1 is 1.28 bits per heavy atom. The normalized spacial score (nSPS) is 11.3. The van der Waals surface area contributed by atoms with Crippen molar-refractivity contribution in [3.63, 3.8) is 0 Å². The Labute approximate surface area is 148 Å². The molecule has 0 unspecified atom stereocenters. The lowest BCUT2D eigenvalue weighted by molar-refractivity contribution is -0.858. The highest BCUT2D eigenvalue weighted by atomic mass is 15.1. The molecule has 0 saturated heterocycles. The third-order valence-electron chi connectivity index (χ3n) is 4.45. The fourth-order valence-electron chi connectivity index (χ4n) is 3.26. The number of nitriles is 1. The molecule has 25 heavy (non-hydrogen) atoms. The molecule has 0 amide bonds. The van der Waals surface area contributed by atoms with Gasteiger partial charge in [-0.2, -0.15) is 5.26 Å². The first-order chi connectivity index (χ1) is 12.2.